The molecule has 4 nitrogen and oxygen atoms in total. The number of ether oxygens (including phenoxy) is 1. The van der Waals surface area contributed by atoms with Crippen LogP contribution < -0.4 is 0 Å². The lowest BCUT2D eigenvalue weighted by molar-refractivity contribution is -0.0163. The van der Waals surface area contributed by atoms with Gasteiger partial charge in [-0.1, -0.05) is 6.07 Å². The van der Waals surface area contributed by atoms with Crippen molar-refractivity contribution in [1.29, 1.82) is 5.26 Å². The van der Waals surface area contributed by atoms with Gasteiger partial charge in [0.05, 0.1) is 24.9 Å². The topological polar surface area (TPSA) is 56.5 Å². The van der Waals surface area contributed by atoms with Gasteiger partial charge < -0.3 is 9.84 Å². The van der Waals surface area contributed by atoms with Gasteiger partial charge in [0, 0.05) is 13.1 Å². The van der Waals surface area contributed by atoms with E-state index in [9.17, 15) is 4.39 Å². The van der Waals surface area contributed by atoms with Gasteiger partial charge in [-0.2, -0.15) is 5.26 Å². The lowest BCUT2D eigenvalue weighted by atomic mass is 10.1. The van der Waals surface area contributed by atoms with Crippen molar-refractivity contribution in [3.05, 3.63) is 35.1 Å². The largest absolute Gasteiger partial charge is 0.394 e. The molecule has 1 atom stereocenters. The van der Waals surface area contributed by atoms with E-state index in [1.807, 2.05) is 6.07 Å². The molecule has 1 fully saturated rings. The molecule has 20 heavy (non-hydrogen) atoms. The number of nitriles is 1. The van der Waals surface area contributed by atoms with Crippen molar-refractivity contribution < 1.29 is 14.2 Å². The van der Waals surface area contributed by atoms with Crippen LogP contribution in [0.5, 0.6) is 0 Å². The molecule has 0 saturated carbocycles. The number of hydrogen-bond donors (Lipinski definition) is 1. The third kappa shape index (κ3) is 4.01. The molecule has 5 heteroatoms. The smallest absolute Gasteiger partial charge is 0.140 e. The number of benzene rings is 1. The fraction of sp³-hybridized carbons (Fsp3) is 0.533. The fourth-order valence-electron chi connectivity index (χ4n) is 2.53. The molecule has 0 radical (unpaired) electrons. The highest BCUT2D eigenvalue weighted by atomic mass is 19.1. The molecule has 0 amide bonds. The first kappa shape index (κ1) is 14.9. The molecule has 1 aromatic rings. The number of aliphatic hydroxyl groups excluding tert-OH is 1. The molecule has 1 aliphatic rings. The molecular weight excluding hydrogens is 259 g/mol. The minimum absolute atomic E-state index is 0.0417. The normalized spacial score (nSPS) is 19.8. The highest BCUT2D eigenvalue weighted by molar-refractivity contribution is 5.34. The summed E-state index contributed by atoms with van der Waals surface area (Å²) < 4.78 is 18.8. The van der Waals surface area contributed by atoms with Crippen LogP contribution in [0.15, 0.2) is 18.2 Å². The number of rotatable bonds is 5. The van der Waals surface area contributed by atoms with Gasteiger partial charge in [0.2, 0.25) is 0 Å². The monoisotopic (exact) mass is 278 g/mol. The van der Waals surface area contributed by atoms with Crippen LogP contribution in [0.1, 0.15) is 24.0 Å². The minimum Gasteiger partial charge on any atom is -0.394 e. The first-order chi connectivity index (χ1) is 9.72. The van der Waals surface area contributed by atoms with E-state index >= 15 is 0 Å². The zero-order valence-corrected chi connectivity index (χ0v) is 11.4. The molecular formula is C15H19FN2O2. The van der Waals surface area contributed by atoms with Gasteiger partial charge in [0.25, 0.3) is 0 Å². The van der Waals surface area contributed by atoms with Crippen LogP contribution >= 0.6 is 0 Å². The van der Waals surface area contributed by atoms with Crippen molar-refractivity contribution >= 4 is 0 Å². The molecule has 1 N–H and O–H groups in total. The van der Waals surface area contributed by atoms with E-state index in [0.717, 1.165) is 31.5 Å². The van der Waals surface area contributed by atoms with Gasteiger partial charge in [-0.25, -0.2) is 4.39 Å². The highest BCUT2D eigenvalue weighted by Crippen LogP contribution is 2.17. The summed E-state index contributed by atoms with van der Waals surface area (Å²) in [7, 11) is 0. The van der Waals surface area contributed by atoms with Crippen molar-refractivity contribution in [2.24, 2.45) is 0 Å². The summed E-state index contributed by atoms with van der Waals surface area (Å²) in [5, 5.41) is 17.6. The summed E-state index contributed by atoms with van der Waals surface area (Å²) in [5.74, 6) is -0.473. The minimum atomic E-state index is -0.473. The SMILES string of the molecule is N#Cc1cc(CN2CCC[C@H](OCCO)C2)ccc1F. The van der Waals surface area contributed by atoms with Crippen molar-refractivity contribution in [1.82, 2.24) is 4.90 Å². The fourth-order valence-corrected chi connectivity index (χ4v) is 2.53. The maximum Gasteiger partial charge on any atom is 0.140 e. The number of hydrogen-bond acceptors (Lipinski definition) is 4. The number of aliphatic hydroxyl groups is 1. The van der Waals surface area contributed by atoms with Crippen molar-refractivity contribution in [2.45, 2.75) is 25.5 Å². The van der Waals surface area contributed by atoms with Crippen LogP contribution in [0, 0.1) is 17.1 Å². The Hall–Kier alpha value is -1.48. The molecule has 0 spiro atoms. The van der Waals surface area contributed by atoms with E-state index in [-0.39, 0.29) is 18.3 Å². The quantitative estimate of drug-likeness (QED) is 0.890. The van der Waals surface area contributed by atoms with Gasteiger partial charge in [0.1, 0.15) is 11.9 Å². The maximum atomic E-state index is 13.3. The summed E-state index contributed by atoms with van der Waals surface area (Å²) in [6.45, 7) is 2.87. The predicted octanol–water partition coefficient (Wildman–Crippen LogP) is 1.67. The van der Waals surface area contributed by atoms with E-state index in [2.05, 4.69) is 4.90 Å². The van der Waals surface area contributed by atoms with E-state index < -0.39 is 5.82 Å². The molecule has 0 unspecified atom stereocenters. The van der Waals surface area contributed by atoms with Crippen molar-refractivity contribution in [2.75, 3.05) is 26.3 Å². The Morgan fingerprint density at radius 1 is 1.50 bits per heavy atom. The zero-order chi connectivity index (χ0) is 14.4. The van der Waals surface area contributed by atoms with E-state index in [0.29, 0.717) is 13.2 Å². The summed E-state index contributed by atoms with van der Waals surface area (Å²) in [6, 6.07) is 6.53. The molecule has 1 heterocycles. The van der Waals surface area contributed by atoms with Gasteiger partial charge >= 0.3 is 0 Å². The Morgan fingerprint density at radius 3 is 3.10 bits per heavy atom. The lowest BCUT2D eigenvalue weighted by Crippen LogP contribution is -2.39. The summed E-state index contributed by atoms with van der Waals surface area (Å²) >= 11 is 0. The molecule has 1 saturated heterocycles. The lowest BCUT2D eigenvalue weighted by Gasteiger charge is -2.32. The molecule has 108 valence electrons. The third-order valence-electron chi connectivity index (χ3n) is 3.46. The Bertz CT molecular complexity index is 487. The van der Waals surface area contributed by atoms with Crippen LogP contribution in [-0.4, -0.2) is 42.4 Å². The number of likely N-dealkylation sites (tertiary alicyclic amines) is 1. The van der Waals surface area contributed by atoms with Crippen LogP contribution in [0.2, 0.25) is 0 Å². The Kier molecular flexibility index (Phi) is 5.48. The number of halogens is 1. The average molecular weight is 278 g/mol. The summed E-state index contributed by atoms with van der Waals surface area (Å²) in [6.07, 6.45) is 2.19. The summed E-state index contributed by atoms with van der Waals surface area (Å²) in [5.41, 5.74) is 1.03. The molecule has 0 bridgehead atoms. The molecule has 1 aliphatic heterocycles. The molecule has 2 rings (SSSR count). The standard InChI is InChI=1S/C15H19FN2O2/c16-15-4-3-12(8-13(15)9-17)10-18-5-1-2-14(11-18)20-7-6-19/h3-4,8,14,19H,1-2,5-7,10-11H2/t14-/m0/s1. The van der Waals surface area contributed by atoms with Gasteiger partial charge in [-0.3, -0.25) is 4.90 Å². The van der Waals surface area contributed by atoms with Gasteiger partial charge in [-0.05, 0) is 37.1 Å². The average Bonchev–Trinajstić information content (AvgIpc) is 2.47. The van der Waals surface area contributed by atoms with Crippen LogP contribution in [0.25, 0.3) is 0 Å². The predicted molar refractivity (Wildman–Crippen MR) is 72.5 cm³/mol. The zero-order valence-electron chi connectivity index (χ0n) is 11.4. The Labute approximate surface area is 118 Å². The van der Waals surface area contributed by atoms with E-state index in [1.165, 1.54) is 6.07 Å². The first-order valence-corrected chi connectivity index (χ1v) is 6.86. The van der Waals surface area contributed by atoms with E-state index in [4.69, 9.17) is 15.1 Å². The van der Waals surface area contributed by atoms with Gasteiger partial charge in [0.15, 0.2) is 0 Å². The van der Waals surface area contributed by atoms with Crippen molar-refractivity contribution in [3.63, 3.8) is 0 Å². The molecule has 0 aliphatic carbocycles. The van der Waals surface area contributed by atoms with Crippen LogP contribution in [0.3, 0.4) is 0 Å². The second kappa shape index (κ2) is 7.34. The second-order valence-electron chi connectivity index (χ2n) is 5.02. The van der Waals surface area contributed by atoms with Gasteiger partial charge in [-0.15, -0.1) is 0 Å². The first-order valence-electron chi connectivity index (χ1n) is 6.86. The van der Waals surface area contributed by atoms with E-state index in [1.54, 1.807) is 12.1 Å². The highest BCUT2D eigenvalue weighted by Gasteiger charge is 2.20. The second-order valence-corrected chi connectivity index (χ2v) is 5.02. The van der Waals surface area contributed by atoms with Crippen LogP contribution in [-0.2, 0) is 11.3 Å². The summed E-state index contributed by atoms with van der Waals surface area (Å²) in [4.78, 5) is 2.24. The molecule has 1 aromatic carbocycles. The Balaban J connectivity index is 1.94. The van der Waals surface area contributed by atoms with Crippen molar-refractivity contribution in [3.8, 4) is 6.07 Å². The number of piperidine rings is 1. The maximum absolute atomic E-state index is 13.3. The van der Waals surface area contributed by atoms with Crippen LogP contribution in [0.4, 0.5) is 4.39 Å². The Morgan fingerprint density at radius 2 is 2.35 bits per heavy atom. The third-order valence-corrected chi connectivity index (χ3v) is 3.46. The number of nitrogens with zero attached hydrogens (tertiary/aromatic N) is 2. The molecule has 0 aromatic heterocycles.